The number of amides is 1. The Balaban J connectivity index is 2.60. The van der Waals surface area contributed by atoms with Gasteiger partial charge in [-0.3, -0.25) is 4.79 Å². The molecule has 1 heterocycles. The van der Waals surface area contributed by atoms with Gasteiger partial charge in [-0.1, -0.05) is 19.1 Å². The number of hydrogen-bond donors (Lipinski definition) is 2. The fourth-order valence-electron chi connectivity index (χ4n) is 1.44. The van der Waals surface area contributed by atoms with Gasteiger partial charge < -0.3 is 15.5 Å². The van der Waals surface area contributed by atoms with Gasteiger partial charge in [0.2, 0.25) is 5.91 Å². The van der Waals surface area contributed by atoms with Gasteiger partial charge in [-0.05, 0) is 25.5 Å². The Morgan fingerprint density at radius 2 is 2.38 bits per heavy atom. The Morgan fingerprint density at radius 1 is 1.69 bits per heavy atom. The number of rotatable bonds is 5. The van der Waals surface area contributed by atoms with Crippen LogP contribution in [0.15, 0.2) is 22.8 Å². The van der Waals surface area contributed by atoms with Crippen molar-refractivity contribution in [2.24, 2.45) is 11.7 Å². The quantitative estimate of drug-likeness (QED) is 0.770. The maximum atomic E-state index is 11.8. The highest BCUT2D eigenvalue weighted by Gasteiger charge is 2.21. The monoisotopic (exact) mass is 240 g/mol. The first-order chi connectivity index (χ1) is 7.56. The first-order valence-corrected chi connectivity index (χ1v) is 5.60. The maximum Gasteiger partial charge on any atom is 0.230 e. The van der Waals surface area contributed by atoms with Gasteiger partial charge in [-0.15, -0.1) is 0 Å². The van der Waals surface area contributed by atoms with E-state index in [-0.39, 0.29) is 16.9 Å². The Kier molecular flexibility index (Phi) is 4.49. The van der Waals surface area contributed by atoms with E-state index < -0.39 is 5.92 Å². The molecule has 0 aliphatic carbocycles. The molecule has 2 atom stereocenters. The minimum Gasteiger partial charge on any atom is -0.467 e. The standard InChI is InChI=1S/C11H16N2O2S/c1-3-8(10(12)16)11(14)13-7(2)9-5-4-6-15-9/h4-8H,3H2,1-2H3,(H2,12,16)(H,13,14). The molecule has 0 saturated heterocycles. The molecule has 0 bridgehead atoms. The van der Waals surface area contributed by atoms with E-state index in [0.29, 0.717) is 12.2 Å². The van der Waals surface area contributed by atoms with Crippen molar-refractivity contribution in [2.75, 3.05) is 0 Å². The molecule has 2 unspecified atom stereocenters. The summed E-state index contributed by atoms with van der Waals surface area (Å²) in [6.07, 6.45) is 2.18. The molecule has 1 rings (SSSR count). The first kappa shape index (κ1) is 12.7. The molecular formula is C11H16N2O2S. The van der Waals surface area contributed by atoms with Gasteiger partial charge in [-0.25, -0.2) is 0 Å². The summed E-state index contributed by atoms with van der Waals surface area (Å²) in [5.74, 6) is 0.150. The summed E-state index contributed by atoms with van der Waals surface area (Å²) in [6.45, 7) is 3.73. The minimum atomic E-state index is -0.410. The number of furan rings is 1. The van der Waals surface area contributed by atoms with E-state index in [9.17, 15) is 4.79 Å². The van der Waals surface area contributed by atoms with Crippen LogP contribution in [0.2, 0.25) is 0 Å². The molecule has 0 aliphatic rings. The number of carbonyl (C=O) groups is 1. The van der Waals surface area contributed by atoms with Gasteiger partial charge in [0.25, 0.3) is 0 Å². The number of thiocarbonyl (C=S) groups is 1. The normalized spacial score (nSPS) is 14.1. The lowest BCUT2D eigenvalue weighted by atomic mass is 10.1. The fraction of sp³-hybridized carbons (Fsp3) is 0.455. The van der Waals surface area contributed by atoms with Crippen LogP contribution in [0.5, 0.6) is 0 Å². The van der Waals surface area contributed by atoms with Crippen LogP contribution >= 0.6 is 12.2 Å². The van der Waals surface area contributed by atoms with E-state index in [1.54, 1.807) is 12.3 Å². The summed E-state index contributed by atoms with van der Waals surface area (Å²) < 4.78 is 5.19. The molecule has 0 aromatic carbocycles. The highest BCUT2D eigenvalue weighted by molar-refractivity contribution is 7.80. The third-order valence-electron chi connectivity index (χ3n) is 2.40. The highest BCUT2D eigenvalue weighted by Crippen LogP contribution is 2.14. The summed E-state index contributed by atoms with van der Waals surface area (Å²) >= 11 is 4.84. The summed E-state index contributed by atoms with van der Waals surface area (Å²) in [5.41, 5.74) is 5.49. The molecule has 0 fully saturated rings. The fourth-order valence-corrected chi connectivity index (χ4v) is 1.71. The van der Waals surface area contributed by atoms with Crippen LogP contribution in [0.4, 0.5) is 0 Å². The van der Waals surface area contributed by atoms with Crippen LogP contribution in [-0.2, 0) is 4.79 Å². The molecule has 1 aromatic rings. The molecule has 0 saturated carbocycles. The van der Waals surface area contributed by atoms with E-state index in [4.69, 9.17) is 22.4 Å². The molecule has 1 amide bonds. The number of hydrogen-bond acceptors (Lipinski definition) is 3. The van der Waals surface area contributed by atoms with Gasteiger partial charge in [0.1, 0.15) is 5.76 Å². The molecule has 1 aromatic heterocycles. The van der Waals surface area contributed by atoms with E-state index in [2.05, 4.69) is 5.32 Å². The lowest BCUT2D eigenvalue weighted by Crippen LogP contribution is -2.38. The van der Waals surface area contributed by atoms with Crippen LogP contribution in [-0.4, -0.2) is 10.9 Å². The molecule has 0 radical (unpaired) electrons. The zero-order valence-corrected chi connectivity index (χ0v) is 10.2. The minimum absolute atomic E-state index is 0.154. The zero-order valence-electron chi connectivity index (χ0n) is 9.40. The van der Waals surface area contributed by atoms with Crippen molar-refractivity contribution in [3.8, 4) is 0 Å². The third kappa shape index (κ3) is 3.06. The Bertz CT molecular complexity index is 362. The van der Waals surface area contributed by atoms with Crippen LogP contribution < -0.4 is 11.1 Å². The Labute approximate surface area is 100 Å². The molecule has 4 nitrogen and oxygen atoms in total. The largest absolute Gasteiger partial charge is 0.467 e. The summed E-state index contributed by atoms with van der Waals surface area (Å²) in [7, 11) is 0. The van der Waals surface area contributed by atoms with Crippen LogP contribution in [0.25, 0.3) is 0 Å². The molecule has 0 aliphatic heterocycles. The topological polar surface area (TPSA) is 68.3 Å². The SMILES string of the molecule is CCC(C(=O)NC(C)c1ccco1)C(N)=S. The van der Waals surface area contributed by atoms with Gasteiger partial charge in [0.05, 0.1) is 23.2 Å². The van der Waals surface area contributed by atoms with E-state index >= 15 is 0 Å². The van der Waals surface area contributed by atoms with Gasteiger partial charge in [0, 0.05) is 0 Å². The second-order valence-corrected chi connectivity index (χ2v) is 4.08. The number of carbonyl (C=O) groups excluding carboxylic acids is 1. The van der Waals surface area contributed by atoms with Gasteiger partial charge in [-0.2, -0.15) is 0 Å². The lowest BCUT2D eigenvalue weighted by molar-refractivity contribution is -0.123. The average molecular weight is 240 g/mol. The van der Waals surface area contributed by atoms with Crippen molar-refractivity contribution in [1.82, 2.24) is 5.32 Å². The Hall–Kier alpha value is -1.36. The zero-order chi connectivity index (χ0) is 12.1. The maximum absolute atomic E-state index is 11.8. The van der Waals surface area contributed by atoms with Crippen molar-refractivity contribution in [2.45, 2.75) is 26.3 Å². The highest BCUT2D eigenvalue weighted by atomic mass is 32.1. The van der Waals surface area contributed by atoms with Crippen LogP contribution in [0, 0.1) is 5.92 Å². The van der Waals surface area contributed by atoms with Crippen molar-refractivity contribution in [3.63, 3.8) is 0 Å². The summed E-state index contributed by atoms with van der Waals surface area (Å²) in [5, 5.41) is 2.81. The van der Waals surface area contributed by atoms with E-state index in [0.717, 1.165) is 0 Å². The lowest BCUT2D eigenvalue weighted by Gasteiger charge is -2.16. The van der Waals surface area contributed by atoms with Gasteiger partial charge >= 0.3 is 0 Å². The molecule has 88 valence electrons. The smallest absolute Gasteiger partial charge is 0.230 e. The molecule has 3 N–H and O–H groups in total. The van der Waals surface area contributed by atoms with Crippen molar-refractivity contribution >= 4 is 23.1 Å². The first-order valence-electron chi connectivity index (χ1n) is 5.19. The van der Waals surface area contributed by atoms with Crippen LogP contribution in [0.1, 0.15) is 32.1 Å². The second kappa shape index (κ2) is 5.65. The average Bonchev–Trinajstić information content (AvgIpc) is 2.70. The molecule has 0 spiro atoms. The van der Waals surface area contributed by atoms with E-state index in [1.807, 2.05) is 19.9 Å². The molecule has 16 heavy (non-hydrogen) atoms. The Morgan fingerprint density at radius 3 is 2.81 bits per heavy atom. The number of nitrogens with two attached hydrogens (primary N) is 1. The summed E-state index contributed by atoms with van der Waals surface area (Å²) in [6, 6.07) is 3.42. The van der Waals surface area contributed by atoms with Crippen LogP contribution in [0.3, 0.4) is 0 Å². The molecular weight excluding hydrogens is 224 g/mol. The predicted octanol–water partition coefficient (Wildman–Crippen LogP) is 1.77. The van der Waals surface area contributed by atoms with E-state index in [1.165, 1.54) is 0 Å². The molecule has 5 heteroatoms. The van der Waals surface area contributed by atoms with Crippen molar-refractivity contribution < 1.29 is 9.21 Å². The third-order valence-corrected chi connectivity index (χ3v) is 2.68. The van der Waals surface area contributed by atoms with Crippen molar-refractivity contribution in [3.05, 3.63) is 24.2 Å². The van der Waals surface area contributed by atoms with Crippen molar-refractivity contribution in [1.29, 1.82) is 0 Å². The summed E-state index contributed by atoms with van der Waals surface area (Å²) in [4.78, 5) is 12.0. The predicted molar refractivity (Wildman–Crippen MR) is 65.8 cm³/mol. The van der Waals surface area contributed by atoms with Gasteiger partial charge in [0.15, 0.2) is 0 Å². The second-order valence-electron chi connectivity index (χ2n) is 3.61. The number of nitrogens with one attached hydrogen (secondary N) is 1.